The van der Waals surface area contributed by atoms with E-state index in [1.807, 2.05) is 48.6 Å². The van der Waals surface area contributed by atoms with E-state index in [0.717, 1.165) is 20.9 Å². The van der Waals surface area contributed by atoms with Crippen molar-refractivity contribution in [2.75, 3.05) is 40.4 Å². The maximum absolute atomic E-state index is 13.9. The summed E-state index contributed by atoms with van der Waals surface area (Å²) in [6, 6.07) is 21.0. The topological polar surface area (TPSA) is 72.0 Å². The number of piperazine rings is 1. The molecule has 2 amide bonds. The van der Waals surface area contributed by atoms with E-state index in [2.05, 4.69) is 35.0 Å². The number of ether oxygens (including phenoxy) is 2. The number of aromatic nitrogens is 1. The van der Waals surface area contributed by atoms with E-state index >= 15 is 0 Å². The molecule has 1 saturated heterocycles. The fourth-order valence-corrected chi connectivity index (χ4v) is 5.30. The molecule has 0 radical (unpaired) electrons. The molecule has 1 aliphatic heterocycles. The predicted octanol–water partition coefficient (Wildman–Crippen LogP) is 6.09. The Kier molecular flexibility index (Phi) is 8.16. The SMILES string of the molecule is COc1cccc(C(=O)N2CCN(C(=O)c3cc(/C=C/c4ccccc4C)nc4ccc(Br)cc34)CC2)c1OC. The minimum absolute atomic E-state index is 0.0814. The number of carbonyl (C=O) groups excluding carboxylic acids is 2. The number of hydrogen-bond acceptors (Lipinski definition) is 5. The van der Waals surface area contributed by atoms with Gasteiger partial charge in [-0.2, -0.15) is 0 Å². The van der Waals surface area contributed by atoms with Gasteiger partial charge in [-0.3, -0.25) is 9.59 Å². The number of aryl methyl sites for hydroxylation is 1. The highest BCUT2D eigenvalue weighted by molar-refractivity contribution is 9.10. The first-order valence-corrected chi connectivity index (χ1v) is 13.8. The van der Waals surface area contributed by atoms with Gasteiger partial charge >= 0.3 is 0 Å². The summed E-state index contributed by atoms with van der Waals surface area (Å²) in [5.74, 6) is 0.686. The molecule has 3 aromatic carbocycles. The molecule has 1 fully saturated rings. The normalized spacial score (nSPS) is 13.6. The fraction of sp³-hybridized carbons (Fsp3) is 0.219. The molecule has 0 unspecified atom stereocenters. The molecule has 40 heavy (non-hydrogen) atoms. The Labute approximate surface area is 242 Å². The molecule has 1 aliphatic rings. The highest BCUT2D eigenvalue weighted by Crippen LogP contribution is 2.32. The minimum atomic E-state index is -0.148. The second kappa shape index (κ2) is 11.9. The lowest BCUT2D eigenvalue weighted by molar-refractivity contribution is 0.0534. The van der Waals surface area contributed by atoms with Crippen LogP contribution in [-0.4, -0.2) is 67.0 Å². The van der Waals surface area contributed by atoms with Crippen LogP contribution < -0.4 is 9.47 Å². The average molecular weight is 601 g/mol. The number of carbonyl (C=O) groups is 2. The van der Waals surface area contributed by atoms with Gasteiger partial charge in [0.05, 0.1) is 36.6 Å². The molecule has 0 atom stereocenters. The first-order chi connectivity index (χ1) is 19.4. The summed E-state index contributed by atoms with van der Waals surface area (Å²) in [5.41, 5.74) is 4.75. The van der Waals surface area contributed by atoms with Crippen LogP contribution in [0.15, 0.2) is 71.2 Å². The second-order valence-electron chi connectivity index (χ2n) is 9.57. The Balaban J connectivity index is 1.38. The van der Waals surface area contributed by atoms with Crippen molar-refractivity contribution in [1.82, 2.24) is 14.8 Å². The van der Waals surface area contributed by atoms with E-state index in [-0.39, 0.29) is 11.8 Å². The molecular weight excluding hydrogens is 570 g/mol. The van der Waals surface area contributed by atoms with Gasteiger partial charge in [0.2, 0.25) is 0 Å². The number of hydrogen-bond donors (Lipinski definition) is 0. The van der Waals surface area contributed by atoms with E-state index in [4.69, 9.17) is 14.5 Å². The highest BCUT2D eigenvalue weighted by atomic mass is 79.9. The summed E-state index contributed by atoms with van der Waals surface area (Å²) >= 11 is 3.54. The molecule has 204 valence electrons. The van der Waals surface area contributed by atoms with Crippen LogP contribution in [0.2, 0.25) is 0 Å². The molecular formula is C32H30BrN3O4. The molecule has 0 N–H and O–H groups in total. The van der Waals surface area contributed by atoms with Gasteiger partial charge in [0.25, 0.3) is 11.8 Å². The van der Waals surface area contributed by atoms with Crippen LogP contribution in [0.3, 0.4) is 0 Å². The van der Waals surface area contributed by atoms with E-state index in [1.54, 1.807) is 35.1 Å². The van der Waals surface area contributed by atoms with Gasteiger partial charge in [-0.05, 0) is 60.5 Å². The number of halogens is 1. The summed E-state index contributed by atoms with van der Waals surface area (Å²) in [4.78, 5) is 35.5. The van der Waals surface area contributed by atoms with Crippen molar-refractivity contribution in [3.05, 3.63) is 99.2 Å². The zero-order chi connectivity index (χ0) is 28.2. The average Bonchev–Trinajstić information content (AvgIpc) is 2.99. The Morgan fingerprint density at radius 3 is 2.20 bits per heavy atom. The molecule has 2 heterocycles. The van der Waals surface area contributed by atoms with Crippen LogP contribution in [-0.2, 0) is 0 Å². The third-order valence-electron chi connectivity index (χ3n) is 7.13. The molecule has 0 bridgehead atoms. The lowest BCUT2D eigenvalue weighted by Crippen LogP contribution is -2.50. The molecule has 8 heteroatoms. The maximum Gasteiger partial charge on any atom is 0.257 e. The number of benzene rings is 3. The second-order valence-corrected chi connectivity index (χ2v) is 10.5. The van der Waals surface area contributed by atoms with E-state index in [1.165, 1.54) is 12.7 Å². The summed E-state index contributed by atoms with van der Waals surface area (Å²) in [7, 11) is 3.06. The van der Waals surface area contributed by atoms with Crippen molar-refractivity contribution in [3.63, 3.8) is 0 Å². The lowest BCUT2D eigenvalue weighted by Gasteiger charge is -2.35. The van der Waals surface area contributed by atoms with Crippen LogP contribution in [0.5, 0.6) is 11.5 Å². The van der Waals surface area contributed by atoms with Crippen molar-refractivity contribution < 1.29 is 19.1 Å². The van der Waals surface area contributed by atoms with Gasteiger partial charge in [0.15, 0.2) is 11.5 Å². The van der Waals surface area contributed by atoms with Crippen LogP contribution in [0, 0.1) is 6.92 Å². The van der Waals surface area contributed by atoms with Crippen molar-refractivity contribution in [3.8, 4) is 11.5 Å². The maximum atomic E-state index is 13.9. The van der Waals surface area contributed by atoms with Crippen LogP contribution in [0.25, 0.3) is 23.1 Å². The summed E-state index contributed by atoms with van der Waals surface area (Å²) in [6.07, 6.45) is 3.96. The van der Waals surface area contributed by atoms with Gasteiger partial charge in [-0.1, -0.05) is 52.3 Å². The predicted molar refractivity (Wildman–Crippen MR) is 161 cm³/mol. The summed E-state index contributed by atoms with van der Waals surface area (Å²) < 4.78 is 11.7. The van der Waals surface area contributed by atoms with Crippen molar-refractivity contribution in [1.29, 1.82) is 0 Å². The molecule has 7 nitrogen and oxygen atoms in total. The quantitative estimate of drug-likeness (QED) is 0.268. The van der Waals surface area contributed by atoms with E-state index < -0.39 is 0 Å². The standard InChI is InChI=1S/C32H30BrN3O4/c1-21-7-4-5-8-22(21)11-13-24-20-27(26-19-23(33)12-14-28(26)34-24)32(38)36-17-15-35(16-18-36)31(37)25-9-6-10-29(39-2)30(25)40-3/h4-14,19-20H,15-18H2,1-3H3/b13-11+. The lowest BCUT2D eigenvalue weighted by atomic mass is 10.0. The van der Waals surface area contributed by atoms with Gasteiger partial charge in [0, 0.05) is 36.0 Å². The molecule has 0 spiro atoms. The van der Waals surface area contributed by atoms with Crippen molar-refractivity contribution in [2.45, 2.75) is 6.92 Å². The Hall–Kier alpha value is -4.17. The van der Waals surface area contributed by atoms with Gasteiger partial charge < -0.3 is 19.3 Å². The number of amides is 2. The Bertz CT molecular complexity index is 1610. The van der Waals surface area contributed by atoms with Gasteiger partial charge in [0.1, 0.15) is 0 Å². The highest BCUT2D eigenvalue weighted by Gasteiger charge is 2.28. The first kappa shape index (κ1) is 27.4. The number of methoxy groups -OCH3 is 2. The number of pyridine rings is 1. The smallest absolute Gasteiger partial charge is 0.257 e. The third-order valence-corrected chi connectivity index (χ3v) is 7.62. The Morgan fingerprint density at radius 1 is 0.825 bits per heavy atom. The summed E-state index contributed by atoms with van der Waals surface area (Å²) in [6.45, 7) is 3.73. The zero-order valence-electron chi connectivity index (χ0n) is 22.7. The monoisotopic (exact) mass is 599 g/mol. The van der Waals surface area contributed by atoms with Crippen molar-refractivity contribution in [2.24, 2.45) is 0 Å². The fourth-order valence-electron chi connectivity index (χ4n) is 4.94. The number of para-hydroxylation sites is 1. The van der Waals surface area contributed by atoms with E-state index in [9.17, 15) is 9.59 Å². The van der Waals surface area contributed by atoms with Crippen molar-refractivity contribution >= 4 is 50.8 Å². The number of rotatable bonds is 6. The molecule has 1 aromatic heterocycles. The van der Waals surface area contributed by atoms with Gasteiger partial charge in [-0.25, -0.2) is 4.98 Å². The van der Waals surface area contributed by atoms with Crippen LogP contribution in [0.1, 0.15) is 37.5 Å². The van der Waals surface area contributed by atoms with Gasteiger partial charge in [-0.15, -0.1) is 0 Å². The van der Waals surface area contributed by atoms with Crippen LogP contribution >= 0.6 is 15.9 Å². The molecule has 4 aromatic rings. The van der Waals surface area contributed by atoms with E-state index in [0.29, 0.717) is 54.5 Å². The molecule has 0 saturated carbocycles. The Morgan fingerprint density at radius 2 is 1.52 bits per heavy atom. The number of nitrogens with zero attached hydrogens (tertiary/aromatic N) is 3. The largest absolute Gasteiger partial charge is 0.493 e. The molecule has 5 rings (SSSR count). The van der Waals surface area contributed by atoms with Crippen LogP contribution in [0.4, 0.5) is 0 Å². The summed E-state index contributed by atoms with van der Waals surface area (Å²) in [5, 5.41) is 0.784. The molecule has 0 aliphatic carbocycles. The first-order valence-electron chi connectivity index (χ1n) is 13.0. The minimum Gasteiger partial charge on any atom is -0.493 e. The number of fused-ring (bicyclic) bond motifs is 1. The third kappa shape index (κ3) is 5.58. The zero-order valence-corrected chi connectivity index (χ0v) is 24.3.